The summed E-state index contributed by atoms with van der Waals surface area (Å²) < 4.78 is 0. The topological polar surface area (TPSA) is 38.7 Å². The van der Waals surface area contributed by atoms with Crippen molar-refractivity contribution in [2.45, 2.75) is 9.67 Å². The van der Waals surface area contributed by atoms with E-state index in [0.717, 1.165) is 0 Å². The van der Waals surface area contributed by atoms with E-state index in [4.69, 9.17) is 58.0 Å². The van der Waals surface area contributed by atoms with Crippen molar-refractivity contribution in [1.82, 2.24) is 0 Å². The van der Waals surface area contributed by atoms with Crippen LogP contribution in [0.3, 0.4) is 0 Å². The van der Waals surface area contributed by atoms with Crippen LogP contribution in [0.15, 0.2) is 5.16 Å². The molecule has 0 spiro atoms. The molecule has 3 nitrogen and oxygen atoms in total. The molecule has 0 aromatic rings. The van der Waals surface area contributed by atoms with Crippen LogP contribution in [-0.2, 0) is 9.63 Å². The first-order valence-corrected chi connectivity index (χ1v) is 5.17. The summed E-state index contributed by atoms with van der Waals surface area (Å²) in [7, 11) is 0. The largest absolute Gasteiger partial charge is 0.349 e. The smallest absolute Gasteiger partial charge is 0.317 e. The van der Waals surface area contributed by atoms with Gasteiger partial charge in [-0.05, 0) is 0 Å². The second kappa shape index (κ2) is 6.96. The Labute approximate surface area is 99.8 Å². The summed E-state index contributed by atoms with van der Waals surface area (Å²) >= 11 is 26.7. The predicted octanol–water partition coefficient (Wildman–Crippen LogP) is 2.73. The minimum Gasteiger partial charge on any atom is -0.317 e. The third-order valence-electron chi connectivity index (χ3n) is 0.809. The molecule has 0 saturated heterocycles. The number of halogens is 5. The number of carbonyl (C=O) groups is 1. The van der Waals surface area contributed by atoms with Crippen LogP contribution in [0.25, 0.3) is 0 Å². The molecule has 0 heterocycles. The van der Waals surface area contributed by atoms with E-state index < -0.39 is 15.6 Å². The number of oxime groups is 1. The predicted molar refractivity (Wildman–Crippen MR) is 55.2 cm³/mol. The summed E-state index contributed by atoms with van der Waals surface area (Å²) in [5, 5.41) is 3.25. The molecule has 0 unspecified atom stereocenters. The van der Waals surface area contributed by atoms with Crippen LogP contribution in [0.5, 0.6) is 0 Å². The van der Waals surface area contributed by atoms with Crippen LogP contribution in [0.2, 0.25) is 0 Å². The Hall–Kier alpha value is 0.590. The highest BCUT2D eigenvalue weighted by atomic mass is 35.5. The highest BCUT2D eigenvalue weighted by molar-refractivity contribution is 6.64. The average Bonchev–Trinajstić information content (AvgIpc) is 2.03. The van der Waals surface area contributed by atoms with E-state index in [2.05, 4.69) is 9.99 Å². The summed E-state index contributed by atoms with van der Waals surface area (Å²) in [6, 6.07) is 0. The van der Waals surface area contributed by atoms with E-state index >= 15 is 0 Å². The van der Waals surface area contributed by atoms with Crippen LogP contribution in [0.1, 0.15) is 0 Å². The van der Waals surface area contributed by atoms with Crippen molar-refractivity contribution < 1.29 is 9.63 Å². The van der Waals surface area contributed by atoms with E-state index in [-0.39, 0.29) is 11.6 Å². The first-order valence-electron chi connectivity index (χ1n) is 2.89. The van der Waals surface area contributed by atoms with Gasteiger partial charge >= 0.3 is 5.97 Å². The zero-order chi connectivity index (χ0) is 10.4. The summed E-state index contributed by atoms with van der Waals surface area (Å²) in [6.07, 6.45) is 0. The second-order valence-corrected chi connectivity index (χ2v) is 4.17. The van der Waals surface area contributed by atoms with Gasteiger partial charge in [0.05, 0.1) is 0 Å². The van der Waals surface area contributed by atoms with Crippen LogP contribution >= 0.6 is 58.0 Å². The normalized spacial score (nSPS) is 10.4. The molecule has 0 aromatic heterocycles. The molecule has 0 aliphatic heterocycles. The van der Waals surface area contributed by atoms with Gasteiger partial charge in [-0.2, -0.15) is 0 Å². The molecule has 0 fully saturated rings. The van der Waals surface area contributed by atoms with Gasteiger partial charge in [-0.1, -0.05) is 51.6 Å². The Bertz CT molecular complexity index is 195. The summed E-state index contributed by atoms with van der Waals surface area (Å²) in [4.78, 5) is 12.7. The summed E-state index contributed by atoms with van der Waals surface area (Å²) in [5.41, 5.74) is -0.0647. The molecule has 0 N–H and O–H groups in total. The summed E-state index contributed by atoms with van der Waals surface area (Å²) in [5.74, 6) is -1.08. The van der Waals surface area contributed by atoms with Crippen molar-refractivity contribution in [3.63, 3.8) is 0 Å². The van der Waals surface area contributed by atoms with Crippen molar-refractivity contribution >= 4 is 69.7 Å². The van der Waals surface area contributed by atoms with Crippen molar-refractivity contribution in [1.29, 1.82) is 0 Å². The molecule has 0 rings (SSSR count). The standard InChI is InChI=1S/C5H4Cl5NO2/c6-1-2(12)13-11-3(4(7)8)5(9)10/h4-5H,1H2. The first kappa shape index (κ1) is 13.6. The molecular formula is C5H4Cl5NO2. The lowest BCUT2D eigenvalue weighted by molar-refractivity contribution is -0.140. The molecule has 13 heavy (non-hydrogen) atoms. The van der Waals surface area contributed by atoms with Crippen molar-refractivity contribution in [3.8, 4) is 0 Å². The lowest BCUT2D eigenvalue weighted by Gasteiger charge is -2.05. The SMILES string of the molecule is O=C(CCl)ON=C(C(Cl)Cl)C(Cl)Cl. The van der Waals surface area contributed by atoms with E-state index in [0.29, 0.717) is 0 Å². The van der Waals surface area contributed by atoms with Crippen molar-refractivity contribution in [2.75, 3.05) is 5.88 Å². The van der Waals surface area contributed by atoms with E-state index in [9.17, 15) is 4.79 Å². The molecule has 0 saturated carbocycles. The fourth-order valence-electron chi connectivity index (χ4n) is 0.303. The number of rotatable bonds is 4. The molecule has 0 aliphatic carbocycles. The minimum atomic E-state index is -1.04. The van der Waals surface area contributed by atoms with Crippen LogP contribution in [0, 0.1) is 0 Å². The highest BCUT2D eigenvalue weighted by Crippen LogP contribution is 2.15. The number of nitrogens with zero attached hydrogens (tertiary/aromatic N) is 1. The monoisotopic (exact) mass is 285 g/mol. The van der Waals surface area contributed by atoms with E-state index in [1.54, 1.807) is 0 Å². The first-order chi connectivity index (χ1) is 5.99. The molecule has 0 amide bonds. The maximum Gasteiger partial charge on any atom is 0.349 e. The third-order valence-corrected chi connectivity index (χ3v) is 1.92. The lowest BCUT2D eigenvalue weighted by Crippen LogP contribution is -2.18. The van der Waals surface area contributed by atoms with Gasteiger partial charge in [0.2, 0.25) is 0 Å². The van der Waals surface area contributed by atoms with Gasteiger partial charge in [-0.25, -0.2) is 4.79 Å². The number of carbonyl (C=O) groups excluding carboxylic acids is 1. The molecular weight excluding hydrogens is 283 g/mol. The molecule has 76 valence electrons. The second-order valence-electron chi connectivity index (χ2n) is 1.71. The highest BCUT2D eigenvalue weighted by Gasteiger charge is 2.18. The maximum absolute atomic E-state index is 10.5. The van der Waals surface area contributed by atoms with E-state index in [1.165, 1.54) is 0 Å². The van der Waals surface area contributed by atoms with Gasteiger partial charge in [-0.15, -0.1) is 11.6 Å². The van der Waals surface area contributed by atoms with Crippen LogP contribution in [0.4, 0.5) is 0 Å². The molecule has 0 bridgehead atoms. The van der Waals surface area contributed by atoms with Gasteiger partial charge in [0, 0.05) is 0 Å². The Morgan fingerprint density at radius 1 is 1.23 bits per heavy atom. The Balaban J connectivity index is 4.29. The van der Waals surface area contributed by atoms with Crippen LogP contribution < -0.4 is 0 Å². The third kappa shape index (κ3) is 5.81. The van der Waals surface area contributed by atoms with Gasteiger partial charge in [0.25, 0.3) is 0 Å². The average molecular weight is 287 g/mol. The Morgan fingerprint density at radius 2 is 1.69 bits per heavy atom. The number of hydrogen-bond donors (Lipinski definition) is 0. The molecule has 8 heteroatoms. The molecule has 0 aliphatic rings. The quantitative estimate of drug-likeness (QED) is 0.345. The fraction of sp³-hybridized carbons (Fsp3) is 0.600. The maximum atomic E-state index is 10.5. The van der Waals surface area contributed by atoms with Gasteiger partial charge in [0.1, 0.15) is 11.6 Å². The number of alkyl halides is 5. The van der Waals surface area contributed by atoms with Crippen LogP contribution in [-0.4, -0.2) is 27.2 Å². The van der Waals surface area contributed by atoms with E-state index in [1.807, 2.05) is 0 Å². The van der Waals surface area contributed by atoms with Crippen molar-refractivity contribution in [2.24, 2.45) is 5.16 Å². The zero-order valence-electron chi connectivity index (χ0n) is 6.02. The van der Waals surface area contributed by atoms with Gasteiger partial charge in [-0.3, -0.25) is 0 Å². The molecule has 0 aromatic carbocycles. The zero-order valence-corrected chi connectivity index (χ0v) is 9.79. The Morgan fingerprint density at radius 3 is 2.00 bits per heavy atom. The summed E-state index contributed by atoms with van der Waals surface area (Å²) in [6.45, 7) is 0. The van der Waals surface area contributed by atoms with Crippen molar-refractivity contribution in [3.05, 3.63) is 0 Å². The molecule has 0 radical (unpaired) electrons. The molecule has 0 atom stereocenters. The fourth-order valence-corrected chi connectivity index (χ4v) is 1.27. The van der Waals surface area contributed by atoms with Gasteiger partial charge in [0.15, 0.2) is 9.67 Å². The van der Waals surface area contributed by atoms with Gasteiger partial charge < -0.3 is 4.84 Å². The lowest BCUT2D eigenvalue weighted by atomic mass is 10.5. The number of hydrogen-bond acceptors (Lipinski definition) is 3. The minimum absolute atomic E-state index is 0.0647. The Kier molecular flexibility index (Phi) is 7.27.